The van der Waals surface area contributed by atoms with Crippen molar-refractivity contribution in [3.8, 4) is 11.5 Å². The molecule has 0 amide bonds. The maximum absolute atomic E-state index is 9.95. The Morgan fingerprint density at radius 1 is 1.05 bits per heavy atom. The van der Waals surface area contributed by atoms with Crippen LogP contribution in [0.25, 0.3) is 0 Å². The van der Waals surface area contributed by atoms with Gasteiger partial charge in [-0.2, -0.15) is 0 Å². The molecule has 2 rings (SSSR count). The van der Waals surface area contributed by atoms with Gasteiger partial charge in [0, 0.05) is 11.6 Å². The Morgan fingerprint density at radius 2 is 1.68 bits per heavy atom. The maximum Gasteiger partial charge on any atom is 0.127 e. The van der Waals surface area contributed by atoms with E-state index in [1.165, 1.54) is 6.07 Å². The first-order valence-corrected chi connectivity index (χ1v) is 6.60. The van der Waals surface area contributed by atoms with Crippen LogP contribution in [0, 0.1) is 6.92 Å². The summed E-state index contributed by atoms with van der Waals surface area (Å²) in [7, 11) is 0. The fourth-order valence-corrected chi connectivity index (χ4v) is 2.25. The summed E-state index contributed by atoms with van der Waals surface area (Å²) in [6, 6.07) is 11.0. The monoisotopic (exact) mass is 272 g/mol. The fraction of sp³-hybridized carbons (Fsp3) is 0.188. The van der Waals surface area contributed by atoms with Gasteiger partial charge in [0.25, 0.3) is 0 Å². The number of phenolic OH excluding ortho intramolecular Hbond substituents is 2. The van der Waals surface area contributed by atoms with Crippen LogP contribution in [0.4, 0.5) is 0 Å². The minimum atomic E-state index is 0.0141. The van der Waals surface area contributed by atoms with Gasteiger partial charge in [0.15, 0.2) is 0 Å². The van der Waals surface area contributed by atoms with E-state index < -0.39 is 0 Å². The standard InChI is InChI=1S/C16H16O2S/c1-3-11-8-13(15(18)9-14(11)17)16(19)12-6-4-10(2)5-7-12/h4-9,17-18H,3H2,1-2H3. The smallest absolute Gasteiger partial charge is 0.127 e. The molecule has 0 heterocycles. The van der Waals surface area contributed by atoms with Crippen LogP contribution in [-0.2, 0) is 6.42 Å². The zero-order valence-corrected chi connectivity index (χ0v) is 11.8. The molecule has 2 N–H and O–H groups in total. The number of rotatable bonds is 3. The predicted molar refractivity (Wildman–Crippen MR) is 81.1 cm³/mol. The molecule has 0 bridgehead atoms. The van der Waals surface area contributed by atoms with Gasteiger partial charge in [-0.3, -0.25) is 0 Å². The molecule has 0 spiro atoms. The minimum Gasteiger partial charge on any atom is -0.508 e. The molecule has 0 atom stereocenters. The lowest BCUT2D eigenvalue weighted by Gasteiger charge is -2.10. The lowest BCUT2D eigenvalue weighted by Crippen LogP contribution is -2.01. The van der Waals surface area contributed by atoms with E-state index in [2.05, 4.69) is 0 Å². The summed E-state index contributed by atoms with van der Waals surface area (Å²) in [5, 5.41) is 19.7. The van der Waals surface area contributed by atoms with Crippen molar-refractivity contribution in [2.45, 2.75) is 20.3 Å². The van der Waals surface area contributed by atoms with Crippen LogP contribution in [-0.4, -0.2) is 15.1 Å². The number of phenols is 2. The van der Waals surface area contributed by atoms with E-state index in [1.807, 2.05) is 38.1 Å². The van der Waals surface area contributed by atoms with Gasteiger partial charge in [-0.05, 0) is 30.5 Å². The van der Waals surface area contributed by atoms with Crippen LogP contribution in [0.2, 0.25) is 0 Å². The molecular formula is C16H16O2S. The molecule has 0 saturated heterocycles. The summed E-state index contributed by atoms with van der Waals surface area (Å²) in [5.74, 6) is 0.121. The average Bonchev–Trinajstić information content (AvgIpc) is 2.39. The quantitative estimate of drug-likeness (QED) is 0.660. The van der Waals surface area contributed by atoms with E-state index in [9.17, 15) is 10.2 Å². The molecule has 0 aliphatic rings. The Hall–Kier alpha value is -1.87. The Morgan fingerprint density at radius 3 is 2.26 bits per heavy atom. The van der Waals surface area contributed by atoms with Crippen molar-refractivity contribution < 1.29 is 10.2 Å². The molecule has 2 nitrogen and oxygen atoms in total. The van der Waals surface area contributed by atoms with Gasteiger partial charge in [0.1, 0.15) is 11.5 Å². The highest BCUT2D eigenvalue weighted by molar-refractivity contribution is 7.81. The number of aromatic hydroxyl groups is 2. The summed E-state index contributed by atoms with van der Waals surface area (Å²) in [5.41, 5.74) is 3.43. The van der Waals surface area contributed by atoms with Crippen LogP contribution >= 0.6 is 12.2 Å². The largest absolute Gasteiger partial charge is 0.508 e. The molecule has 98 valence electrons. The number of hydrogen-bond donors (Lipinski definition) is 2. The lowest BCUT2D eigenvalue weighted by molar-refractivity contribution is 0.446. The Bertz CT molecular complexity index is 615. The highest BCUT2D eigenvalue weighted by Gasteiger charge is 2.13. The van der Waals surface area contributed by atoms with E-state index in [0.717, 1.165) is 16.7 Å². The fourth-order valence-electron chi connectivity index (χ4n) is 1.95. The molecule has 3 heteroatoms. The molecule has 0 fully saturated rings. The van der Waals surface area contributed by atoms with Crippen molar-refractivity contribution in [3.05, 3.63) is 58.7 Å². The number of benzene rings is 2. The highest BCUT2D eigenvalue weighted by Crippen LogP contribution is 2.30. The molecule has 0 unspecified atom stereocenters. The van der Waals surface area contributed by atoms with Gasteiger partial charge in [-0.1, -0.05) is 49.0 Å². The van der Waals surface area contributed by atoms with Crippen molar-refractivity contribution in [3.63, 3.8) is 0 Å². The summed E-state index contributed by atoms with van der Waals surface area (Å²) >= 11 is 5.43. The van der Waals surface area contributed by atoms with E-state index in [4.69, 9.17) is 12.2 Å². The molecule has 0 radical (unpaired) electrons. The van der Waals surface area contributed by atoms with Crippen molar-refractivity contribution in [2.75, 3.05) is 0 Å². The minimum absolute atomic E-state index is 0.0141. The van der Waals surface area contributed by atoms with Crippen molar-refractivity contribution in [1.82, 2.24) is 0 Å². The van der Waals surface area contributed by atoms with Crippen LogP contribution in [0.15, 0.2) is 36.4 Å². The van der Waals surface area contributed by atoms with Gasteiger partial charge >= 0.3 is 0 Å². The summed E-state index contributed by atoms with van der Waals surface area (Å²) in [4.78, 5) is 0.590. The summed E-state index contributed by atoms with van der Waals surface area (Å²) in [6.45, 7) is 3.96. The van der Waals surface area contributed by atoms with E-state index in [-0.39, 0.29) is 11.5 Å². The van der Waals surface area contributed by atoms with Crippen molar-refractivity contribution >= 4 is 17.1 Å². The Balaban J connectivity index is 2.46. The topological polar surface area (TPSA) is 40.5 Å². The molecule has 2 aromatic rings. The van der Waals surface area contributed by atoms with Crippen LogP contribution in [0.3, 0.4) is 0 Å². The third-order valence-corrected chi connectivity index (χ3v) is 3.59. The molecule has 0 aliphatic heterocycles. The van der Waals surface area contributed by atoms with Gasteiger partial charge in [-0.25, -0.2) is 0 Å². The SMILES string of the molecule is CCc1cc(C(=S)c2ccc(C)cc2)c(O)cc1O. The second kappa shape index (κ2) is 5.41. The first-order valence-electron chi connectivity index (χ1n) is 6.19. The van der Waals surface area contributed by atoms with Crippen molar-refractivity contribution in [2.24, 2.45) is 0 Å². The van der Waals surface area contributed by atoms with Crippen LogP contribution in [0.1, 0.15) is 29.2 Å². The maximum atomic E-state index is 9.95. The highest BCUT2D eigenvalue weighted by atomic mass is 32.1. The average molecular weight is 272 g/mol. The van der Waals surface area contributed by atoms with Gasteiger partial charge < -0.3 is 10.2 Å². The third kappa shape index (κ3) is 2.76. The zero-order chi connectivity index (χ0) is 14.0. The van der Waals surface area contributed by atoms with Gasteiger partial charge in [0.05, 0.1) is 4.86 Å². The second-order valence-corrected chi connectivity index (χ2v) is 4.96. The Labute approximate surface area is 118 Å². The molecule has 0 aromatic heterocycles. The van der Waals surface area contributed by atoms with E-state index >= 15 is 0 Å². The molecular weight excluding hydrogens is 256 g/mol. The summed E-state index contributed by atoms with van der Waals surface area (Å²) in [6.07, 6.45) is 0.690. The van der Waals surface area contributed by atoms with E-state index in [0.29, 0.717) is 16.8 Å². The predicted octanol–water partition coefficient (Wildman–Crippen LogP) is 3.73. The zero-order valence-electron chi connectivity index (χ0n) is 11.0. The normalized spacial score (nSPS) is 10.4. The van der Waals surface area contributed by atoms with Crippen LogP contribution < -0.4 is 0 Å². The van der Waals surface area contributed by atoms with Gasteiger partial charge in [0.2, 0.25) is 0 Å². The molecule has 19 heavy (non-hydrogen) atoms. The first kappa shape index (κ1) is 13.6. The number of thiocarbonyl (C=S) groups is 1. The first-order chi connectivity index (χ1) is 9.02. The van der Waals surface area contributed by atoms with Crippen molar-refractivity contribution in [1.29, 1.82) is 0 Å². The molecule has 0 saturated carbocycles. The Kier molecular flexibility index (Phi) is 3.86. The van der Waals surface area contributed by atoms with Gasteiger partial charge in [-0.15, -0.1) is 0 Å². The molecule has 0 aliphatic carbocycles. The third-order valence-electron chi connectivity index (χ3n) is 3.14. The number of hydrogen-bond acceptors (Lipinski definition) is 3. The second-order valence-electron chi connectivity index (χ2n) is 4.55. The van der Waals surface area contributed by atoms with Crippen LogP contribution in [0.5, 0.6) is 11.5 Å². The lowest BCUT2D eigenvalue weighted by atomic mass is 9.99. The summed E-state index contributed by atoms with van der Waals surface area (Å²) < 4.78 is 0. The van der Waals surface area contributed by atoms with E-state index in [1.54, 1.807) is 6.07 Å². The number of aryl methyl sites for hydroxylation is 2. The molecule has 2 aromatic carbocycles.